The first-order valence-electron chi connectivity index (χ1n) is 13.5. The molecular weight excluding hydrogens is 451 g/mol. The van der Waals surface area contributed by atoms with E-state index in [1.54, 1.807) is 7.11 Å². The van der Waals surface area contributed by atoms with Crippen molar-refractivity contribution in [2.75, 3.05) is 20.2 Å². The molecule has 0 fully saturated rings. The first-order valence-corrected chi connectivity index (χ1v) is 13.5. The number of unbranched alkanes of at least 4 members (excludes halogenated alkanes) is 3. The van der Waals surface area contributed by atoms with Crippen molar-refractivity contribution < 1.29 is 23.6 Å². The number of nitrogens with zero attached hydrogens (tertiary/aromatic N) is 2. The Morgan fingerprint density at radius 1 is 1.11 bits per heavy atom. The summed E-state index contributed by atoms with van der Waals surface area (Å²) in [5.74, 6) is 1.63. The summed E-state index contributed by atoms with van der Waals surface area (Å²) < 4.78 is 5.67. The molecule has 5 nitrogen and oxygen atoms in total. The van der Waals surface area contributed by atoms with Crippen molar-refractivity contribution in [1.82, 2.24) is 10.2 Å². The molecule has 3 rings (SSSR count). The number of nitrogens with one attached hydrogen (secondary N) is 1. The third-order valence-electron chi connectivity index (χ3n) is 6.35. The van der Waals surface area contributed by atoms with Crippen molar-refractivity contribution in [3.8, 4) is 5.75 Å². The van der Waals surface area contributed by atoms with E-state index in [2.05, 4.69) is 68.4 Å². The number of rotatable bonds is 10. The van der Waals surface area contributed by atoms with E-state index >= 15 is 0 Å². The molecule has 0 spiro atoms. The number of ether oxygens (including phenoxy) is 1. The summed E-state index contributed by atoms with van der Waals surface area (Å²) in [4.78, 5) is 7.32. The second kappa shape index (κ2) is 19.1. The number of methoxy groups -OCH3 is 1. The molecule has 0 saturated carbocycles. The summed E-state index contributed by atoms with van der Waals surface area (Å²) in [6.45, 7) is 15.6. The van der Waals surface area contributed by atoms with Crippen molar-refractivity contribution in [2.45, 2.75) is 77.7 Å². The van der Waals surface area contributed by atoms with Crippen LogP contribution in [0.2, 0.25) is 0 Å². The van der Waals surface area contributed by atoms with E-state index in [4.69, 9.17) is 15.5 Å². The molecule has 0 saturated heterocycles. The van der Waals surface area contributed by atoms with E-state index in [1.807, 2.05) is 6.07 Å². The molecule has 1 aromatic carbocycles. The predicted octanol–water partition coefficient (Wildman–Crippen LogP) is 3.88. The number of fused-ring (bicyclic) bond motifs is 1. The number of hydrogen-bond donors (Lipinski definition) is 2. The zero-order valence-electron chi connectivity index (χ0n) is 23.7. The van der Waals surface area contributed by atoms with E-state index < -0.39 is 0 Å². The van der Waals surface area contributed by atoms with Gasteiger partial charge in [0, 0.05) is 19.2 Å². The molecule has 0 aromatic heterocycles. The van der Waals surface area contributed by atoms with Crippen LogP contribution >= 0.6 is 0 Å². The quantitative estimate of drug-likeness (QED) is 0.292. The summed E-state index contributed by atoms with van der Waals surface area (Å²) in [7, 11) is 1.73. The van der Waals surface area contributed by atoms with Crippen LogP contribution in [0.5, 0.6) is 5.75 Å². The normalized spacial score (nSPS) is 19.7. The summed E-state index contributed by atoms with van der Waals surface area (Å²) in [6.07, 6.45) is 17.9. The van der Waals surface area contributed by atoms with E-state index in [0.717, 1.165) is 86.6 Å². The summed E-state index contributed by atoms with van der Waals surface area (Å²) in [5.41, 5.74) is 12.2. The Kier molecular flexibility index (Phi) is 17.0. The maximum atomic E-state index is 6.30. The van der Waals surface area contributed by atoms with Gasteiger partial charge in [0.25, 0.3) is 0 Å². The molecule has 0 atom stereocenters. The van der Waals surface area contributed by atoms with Gasteiger partial charge in [-0.25, -0.2) is 4.99 Å². The Hall–Kier alpha value is -2.06. The zero-order valence-corrected chi connectivity index (χ0v) is 23.7. The maximum absolute atomic E-state index is 6.30. The van der Waals surface area contributed by atoms with Gasteiger partial charge in [-0.2, -0.15) is 18.6 Å². The molecule has 0 aliphatic carbocycles. The van der Waals surface area contributed by atoms with Gasteiger partial charge in [0.2, 0.25) is 0 Å². The minimum absolute atomic E-state index is 0. The molecule has 3 N–H and O–H groups in total. The Morgan fingerprint density at radius 3 is 2.57 bits per heavy atom. The molecule has 2 aliphatic heterocycles. The third kappa shape index (κ3) is 11.5. The van der Waals surface area contributed by atoms with Crippen LogP contribution in [0.4, 0.5) is 0 Å². The number of allylic oxidation sites excluding steroid dienone is 4. The van der Waals surface area contributed by atoms with Crippen LogP contribution < -0.4 is 34.6 Å². The Labute approximate surface area is 238 Å². The van der Waals surface area contributed by atoms with Crippen LogP contribution in [-0.4, -0.2) is 30.9 Å². The predicted molar refractivity (Wildman–Crippen MR) is 154 cm³/mol. The Morgan fingerprint density at radius 2 is 1.89 bits per heavy atom. The second-order valence-corrected chi connectivity index (χ2v) is 9.28. The fraction of sp³-hybridized carbons (Fsp3) is 0.484. The molecule has 0 unspecified atom stereocenters. The van der Waals surface area contributed by atoms with Crippen molar-refractivity contribution in [3.63, 3.8) is 0 Å². The topological polar surface area (TPSA) is 62.9 Å². The minimum atomic E-state index is 0. The standard InChI is InChI=1S/C27H38N3O.C4H9N.Li/c1-4-5-6-9-14-24-27-22(13-11-15-26(28)29-24)12-8-7-10-18-30(27)20-23-17-16-21(2)19-25(23)31-3;1-3-5-4-2;/h10,13,16-19H,2,4-9,11-12,14-15,20H2,1,3H3,(H2,28,29);5H,1-4H2;/q-1;-2;+1/b18-10-,22-13-,27-24+;;. The monoisotopic (exact) mass is 498 g/mol. The molecule has 2 heterocycles. The van der Waals surface area contributed by atoms with Gasteiger partial charge in [-0.15, -0.1) is 25.2 Å². The van der Waals surface area contributed by atoms with Gasteiger partial charge in [-0.3, -0.25) is 0 Å². The van der Waals surface area contributed by atoms with Gasteiger partial charge in [0.15, 0.2) is 0 Å². The van der Waals surface area contributed by atoms with Crippen LogP contribution in [0.1, 0.15) is 82.3 Å². The summed E-state index contributed by atoms with van der Waals surface area (Å²) in [6, 6.07) is 6.18. The molecule has 6 heteroatoms. The van der Waals surface area contributed by atoms with Crippen molar-refractivity contribution in [2.24, 2.45) is 10.7 Å². The number of amidine groups is 1. The van der Waals surface area contributed by atoms with Gasteiger partial charge in [0.1, 0.15) is 0 Å². The Bertz CT molecular complexity index is 918. The second-order valence-electron chi connectivity index (χ2n) is 9.28. The van der Waals surface area contributed by atoms with Crippen molar-refractivity contribution in [1.29, 1.82) is 0 Å². The van der Waals surface area contributed by atoms with Crippen molar-refractivity contribution >= 4 is 5.84 Å². The Balaban J connectivity index is 0.00000104. The van der Waals surface area contributed by atoms with Gasteiger partial charge < -0.3 is 34.5 Å². The minimum Gasteiger partial charge on any atom is -0.509 e. The zero-order chi connectivity index (χ0) is 26.2. The first kappa shape index (κ1) is 33.0. The van der Waals surface area contributed by atoms with Crippen LogP contribution in [0.25, 0.3) is 0 Å². The van der Waals surface area contributed by atoms with E-state index in [9.17, 15) is 0 Å². The fourth-order valence-corrected chi connectivity index (χ4v) is 4.47. The van der Waals surface area contributed by atoms with Crippen LogP contribution in [0.15, 0.2) is 58.5 Å². The number of benzene rings is 1. The number of hydrogen-bond acceptors (Lipinski definition) is 5. The van der Waals surface area contributed by atoms with E-state index in [-0.39, 0.29) is 18.9 Å². The fourth-order valence-electron chi connectivity index (χ4n) is 4.47. The van der Waals surface area contributed by atoms with Gasteiger partial charge >= 0.3 is 18.9 Å². The molecule has 0 bridgehead atoms. The van der Waals surface area contributed by atoms with Crippen LogP contribution in [0.3, 0.4) is 0 Å². The summed E-state index contributed by atoms with van der Waals surface area (Å²) in [5, 5.41) is 2.89. The van der Waals surface area contributed by atoms with E-state index in [0.29, 0.717) is 0 Å². The molecule has 0 amide bonds. The first-order chi connectivity index (χ1) is 17.5. The molecule has 0 radical (unpaired) electrons. The van der Waals surface area contributed by atoms with Crippen LogP contribution in [0, 0.1) is 20.8 Å². The van der Waals surface area contributed by atoms with Gasteiger partial charge in [0.05, 0.1) is 30.1 Å². The van der Waals surface area contributed by atoms with Gasteiger partial charge in [-0.1, -0.05) is 38.3 Å². The average molecular weight is 499 g/mol. The van der Waals surface area contributed by atoms with E-state index in [1.165, 1.54) is 37.0 Å². The molecule has 1 aromatic rings. The molecule has 200 valence electrons. The molecular formula is C31H47LiN4O-2. The maximum Gasteiger partial charge on any atom is 1.00 e. The third-order valence-corrected chi connectivity index (χ3v) is 6.35. The molecule has 2 aliphatic rings. The SMILES string of the molecule is [CH2-]CNC[CH2-].[CH2-]c1ccc(CN2/C=C\CCCC3=C/CCC(N)=N/C(CCCCCC)=C\32)c(OC)c1.[Li+]. The molecule has 37 heavy (non-hydrogen) atoms. The van der Waals surface area contributed by atoms with Crippen LogP contribution in [-0.2, 0) is 6.54 Å². The average Bonchev–Trinajstić information content (AvgIpc) is 2.85. The van der Waals surface area contributed by atoms with Crippen molar-refractivity contribution in [3.05, 3.63) is 85.4 Å². The number of nitrogens with two attached hydrogens (primary N) is 1. The smallest absolute Gasteiger partial charge is 0.509 e. The summed E-state index contributed by atoms with van der Waals surface area (Å²) >= 11 is 0. The van der Waals surface area contributed by atoms with Gasteiger partial charge in [-0.05, 0) is 49.7 Å². The largest absolute Gasteiger partial charge is 1.00 e. The number of aliphatic imine (C=N–C) groups is 1.